The second-order valence-electron chi connectivity index (χ2n) is 6.93. The molecule has 31 heavy (non-hydrogen) atoms. The minimum Gasteiger partial charge on any atom is -0.267 e. The lowest BCUT2D eigenvalue weighted by atomic mass is 10.1. The summed E-state index contributed by atoms with van der Waals surface area (Å²) in [6.45, 7) is 0.637. The Bertz CT molecular complexity index is 1290. The van der Waals surface area contributed by atoms with Gasteiger partial charge in [0.05, 0.1) is 22.3 Å². The molecule has 0 saturated carbocycles. The first-order valence-electron chi connectivity index (χ1n) is 9.53. The Balaban J connectivity index is 1.64. The highest BCUT2D eigenvalue weighted by molar-refractivity contribution is 7.89. The maximum Gasteiger partial charge on any atom is 0.242 e. The number of nitrogens with zero attached hydrogens (tertiary/aromatic N) is 2. The van der Waals surface area contributed by atoms with Crippen molar-refractivity contribution < 1.29 is 8.42 Å². The lowest BCUT2D eigenvalue weighted by Gasteiger charge is -2.09. The first-order chi connectivity index (χ1) is 14.9. The van der Waals surface area contributed by atoms with E-state index in [4.69, 9.17) is 28.3 Å². The largest absolute Gasteiger partial charge is 0.267 e. The summed E-state index contributed by atoms with van der Waals surface area (Å²) >= 11 is 12.1. The van der Waals surface area contributed by atoms with Gasteiger partial charge in [0.1, 0.15) is 4.90 Å². The predicted molar refractivity (Wildman–Crippen MR) is 124 cm³/mol. The minimum absolute atomic E-state index is 0.000257. The lowest BCUT2D eigenvalue weighted by Crippen LogP contribution is -2.23. The summed E-state index contributed by atoms with van der Waals surface area (Å²) in [5, 5.41) is 4.90. The van der Waals surface area contributed by atoms with Crippen LogP contribution in [-0.2, 0) is 23.1 Å². The molecule has 0 aliphatic carbocycles. The number of hydrogen-bond acceptors (Lipinski definition) is 3. The smallest absolute Gasteiger partial charge is 0.242 e. The van der Waals surface area contributed by atoms with Crippen molar-refractivity contribution in [1.29, 1.82) is 0 Å². The van der Waals surface area contributed by atoms with Crippen molar-refractivity contribution in [2.24, 2.45) is 0 Å². The molecule has 0 spiro atoms. The van der Waals surface area contributed by atoms with Crippen molar-refractivity contribution in [3.8, 4) is 11.3 Å². The molecule has 0 bridgehead atoms. The van der Waals surface area contributed by atoms with Crippen LogP contribution in [0.25, 0.3) is 11.3 Å². The Morgan fingerprint density at radius 3 is 2.26 bits per heavy atom. The molecule has 0 fully saturated rings. The molecule has 0 saturated heterocycles. The fourth-order valence-electron chi connectivity index (χ4n) is 3.22. The Morgan fingerprint density at radius 2 is 1.55 bits per heavy atom. The molecule has 0 radical (unpaired) electrons. The van der Waals surface area contributed by atoms with E-state index in [1.54, 1.807) is 12.1 Å². The molecule has 4 rings (SSSR count). The Kier molecular flexibility index (Phi) is 6.43. The van der Waals surface area contributed by atoms with Gasteiger partial charge < -0.3 is 0 Å². The first-order valence-corrected chi connectivity index (χ1v) is 11.8. The van der Waals surface area contributed by atoms with Crippen LogP contribution >= 0.6 is 23.2 Å². The summed E-state index contributed by atoms with van der Waals surface area (Å²) in [7, 11) is -3.86. The summed E-state index contributed by atoms with van der Waals surface area (Å²) in [5.41, 5.74) is 3.48. The molecule has 0 atom stereocenters. The van der Waals surface area contributed by atoms with Gasteiger partial charge in [-0.2, -0.15) is 5.10 Å². The van der Waals surface area contributed by atoms with Gasteiger partial charge in [0.25, 0.3) is 0 Å². The molecule has 0 amide bonds. The van der Waals surface area contributed by atoms with Crippen molar-refractivity contribution in [2.75, 3.05) is 0 Å². The van der Waals surface area contributed by atoms with E-state index in [0.717, 1.165) is 22.4 Å². The molecule has 1 aromatic heterocycles. The lowest BCUT2D eigenvalue weighted by molar-refractivity contribution is 0.581. The van der Waals surface area contributed by atoms with E-state index >= 15 is 0 Å². The Labute approximate surface area is 191 Å². The van der Waals surface area contributed by atoms with Crippen LogP contribution in [0.5, 0.6) is 0 Å². The van der Waals surface area contributed by atoms with Crippen LogP contribution in [0, 0.1) is 0 Å². The fourth-order valence-corrected chi connectivity index (χ4v) is 4.99. The first kappa shape index (κ1) is 21.6. The Hall–Kier alpha value is -2.64. The molecule has 1 heterocycles. The molecule has 4 aromatic rings. The average Bonchev–Trinajstić information content (AvgIpc) is 3.18. The van der Waals surface area contributed by atoms with Crippen LogP contribution in [0.3, 0.4) is 0 Å². The van der Waals surface area contributed by atoms with Crippen LogP contribution in [0.2, 0.25) is 10.0 Å². The third-order valence-corrected chi connectivity index (χ3v) is 7.10. The topological polar surface area (TPSA) is 64.0 Å². The average molecular weight is 472 g/mol. The van der Waals surface area contributed by atoms with Gasteiger partial charge in [0.2, 0.25) is 10.0 Å². The predicted octanol–water partition coefficient (Wildman–Crippen LogP) is 5.38. The normalized spacial score (nSPS) is 11.5. The highest BCUT2D eigenvalue weighted by Crippen LogP contribution is 2.29. The molecule has 3 aromatic carbocycles. The molecule has 8 heteroatoms. The van der Waals surface area contributed by atoms with E-state index in [1.807, 2.05) is 71.5 Å². The maximum atomic E-state index is 12.8. The monoisotopic (exact) mass is 471 g/mol. The van der Waals surface area contributed by atoms with Crippen molar-refractivity contribution in [1.82, 2.24) is 14.5 Å². The van der Waals surface area contributed by atoms with Crippen molar-refractivity contribution in [2.45, 2.75) is 18.0 Å². The van der Waals surface area contributed by atoms with Gasteiger partial charge >= 0.3 is 0 Å². The number of aromatic nitrogens is 2. The summed E-state index contributed by atoms with van der Waals surface area (Å²) < 4.78 is 30.1. The number of rotatable bonds is 7. The van der Waals surface area contributed by atoms with Crippen LogP contribution < -0.4 is 4.72 Å². The van der Waals surface area contributed by atoms with Crippen LogP contribution in [-0.4, -0.2) is 18.2 Å². The van der Waals surface area contributed by atoms with Crippen LogP contribution in [0.4, 0.5) is 0 Å². The second-order valence-corrected chi connectivity index (χ2v) is 9.45. The maximum absolute atomic E-state index is 12.8. The van der Waals surface area contributed by atoms with E-state index in [1.165, 1.54) is 6.07 Å². The van der Waals surface area contributed by atoms with Gasteiger partial charge in [-0.15, -0.1) is 0 Å². The van der Waals surface area contributed by atoms with Crippen LogP contribution in [0.1, 0.15) is 11.1 Å². The summed E-state index contributed by atoms with van der Waals surface area (Å²) in [6, 6.07) is 24.1. The van der Waals surface area contributed by atoms with E-state index in [-0.39, 0.29) is 21.5 Å². The summed E-state index contributed by atoms with van der Waals surface area (Å²) in [5.74, 6) is 0. The molecular weight excluding hydrogens is 453 g/mol. The highest BCUT2D eigenvalue weighted by atomic mass is 35.5. The third kappa shape index (κ3) is 4.99. The zero-order chi connectivity index (χ0) is 21.8. The van der Waals surface area contributed by atoms with Crippen molar-refractivity contribution in [3.63, 3.8) is 0 Å². The molecular formula is C23H19Cl2N3O2S. The van der Waals surface area contributed by atoms with E-state index in [0.29, 0.717) is 6.54 Å². The van der Waals surface area contributed by atoms with Crippen molar-refractivity contribution >= 4 is 33.2 Å². The third-order valence-electron chi connectivity index (χ3n) is 4.73. The van der Waals surface area contributed by atoms with Gasteiger partial charge in [-0.25, -0.2) is 13.1 Å². The molecule has 5 nitrogen and oxygen atoms in total. The molecule has 1 N–H and O–H groups in total. The van der Waals surface area contributed by atoms with Crippen LogP contribution in [0.15, 0.2) is 90.0 Å². The van der Waals surface area contributed by atoms with Gasteiger partial charge in [0.15, 0.2) is 0 Å². The van der Waals surface area contributed by atoms with Gasteiger partial charge in [-0.3, -0.25) is 4.68 Å². The fraction of sp³-hybridized carbons (Fsp3) is 0.0870. The van der Waals surface area contributed by atoms with E-state index in [9.17, 15) is 8.42 Å². The molecule has 0 aliphatic rings. The van der Waals surface area contributed by atoms with Crippen molar-refractivity contribution in [3.05, 3.63) is 106 Å². The number of nitrogens with one attached hydrogen (secondary N) is 1. The number of halogens is 2. The number of benzene rings is 3. The number of hydrogen-bond donors (Lipinski definition) is 1. The standard InChI is InChI=1S/C23H19Cl2N3O2S/c24-20-12-7-13-21(22(20)25)31(29,30)26-14-19-16-28(15-17-8-3-1-4-9-17)27-23(19)18-10-5-2-6-11-18/h1-13,16,26H,14-15H2. The summed E-state index contributed by atoms with van der Waals surface area (Å²) in [4.78, 5) is -0.0559. The van der Waals surface area contributed by atoms with E-state index < -0.39 is 10.0 Å². The number of sulfonamides is 1. The molecule has 158 valence electrons. The SMILES string of the molecule is O=S(=O)(NCc1cn(Cc2ccccc2)nc1-c1ccccc1)c1cccc(Cl)c1Cl. The van der Waals surface area contributed by atoms with Gasteiger partial charge in [0, 0.05) is 23.9 Å². The quantitative estimate of drug-likeness (QED) is 0.393. The zero-order valence-corrected chi connectivity index (χ0v) is 18.7. The van der Waals surface area contributed by atoms with Gasteiger partial charge in [-0.1, -0.05) is 89.9 Å². The zero-order valence-electron chi connectivity index (χ0n) is 16.4. The molecule has 0 unspecified atom stereocenters. The molecule has 0 aliphatic heterocycles. The van der Waals surface area contributed by atoms with Gasteiger partial charge in [-0.05, 0) is 17.7 Å². The highest BCUT2D eigenvalue weighted by Gasteiger charge is 2.21. The second kappa shape index (κ2) is 9.24. The summed E-state index contributed by atoms with van der Waals surface area (Å²) in [6.07, 6.45) is 1.86. The minimum atomic E-state index is -3.86. The Morgan fingerprint density at radius 1 is 0.871 bits per heavy atom. The van der Waals surface area contributed by atoms with E-state index in [2.05, 4.69) is 4.72 Å².